The van der Waals surface area contributed by atoms with Crippen molar-refractivity contribution in [2.75, 3.05) is 5.32 Å². The number of rotatable bonds is 6. The molecule has 4 rings (SSSR count). The molecule has 0 fully saturated rings. The number of anilines is 1. The van der Waals surface area contributed by atoms with Crippen LogP contribution in [0.2, 0.25) is 5.02 Å². The topological polar surface area (TPSA) is 90.3 Å². The van der Waals surface area contributed by atoms with Crippen LogP contribution in [0.25, 0.3) is 21.9 Å². The molecule has 1 amide bonds. The van der Waals surface area contributed by atoms with Gasteiger partial charge in [0, 0.05) is 24.2 Å². The maximum Gasteiger partial charge on any atom is 0.356 e. The zero-order valence-corrected chi connectivity index (χ0v) is 19.4. The van der Waals surface area contributed by atoms with Crippen molar-refractivity contribution < 1.29 is 14.3 Å². The molecule has 34 heavy (non-hydrogen) atoms. The Morgan fingerprint density at radius 2 is 1.71 bits per heavy atom. The van der Waals surface area contributed by atoms with Crippen molar-refractivity contribution in [2.45, 2.75) is 19.4 Å². The number of halogens is 1. The van der Waals surface area contributed by atoms with Crippen LogP contribution in [0.4, 0.5) is 5.82 Å². The molecule has 0 aliphatic rings. The number of amides is 1. The van der Waals surface area contributed by atoms with E-state index < -0.39 is 18.0 Å². The second-order valence-corrected chi connectivity index (χ2v) is 8.09. The first-order chi connectivity index (χ1) is 16.4. The van der Waals surface area contributed by atoms with Gasteiger partial charge in [-0.3, -0.25) is 9.59 Å². The molecule has 1 atom stereocenters. The molecule has 2 aromatic carbocycles. The number of benzene rings is 2. The molecule has 0 bridgehead atoms. The van der Waals surface area contributed by atoms with Crippen molar-refractivity contribution in [3.8, 4) is 11.1 Å². The Morgan fingerprint density at radius 3 is 2.35 bits per heavy atom. The first kappa shape index (κ1) is 23.2. The summed E-state index contributed by atoms with van der Waals surface area (Å²) >= 11 is 5.84. The van der Waals surface area contributed by atoms with Crippen molar-refractivity contribution in [1.29, 1.82) is 0 Å². The highest BCUT2D eigenvalue weighted by Crippen LogP contribution is 2.31. The zero-order chi connectivity index (χ0) is 24.2. The molecule has 2 aromatic heterocycles. The van der Waals surface area contributed by atoms with E-state index in [0.29, 0.717) is 21.4 Å². The number of ether oxygens (including phenoxy) is 1. The fraction of sp³-hybridized carbons (Fsp3) is 0.154. The van der Waals surface area contributed by atoms with Gasteiger partial charge in [-0.1, -0.05) is 67.1 Å². The lowest BCUT2D eigenvalue weighted by Gasteiger charge is -2.20. The molecule has 0 saturated heterocycles. The van der Waals surface area contributed by atoms with Crippen LogP contribution in [0, 0.1) is 0 Å². The summed E-state index contributed by atoms with van der Waals surface area (Å²) in [4.78, 5) is 43.3. The Bertz CT molecular complexity index is 1420. The van der Waals surface area contributed by atoms with Gasteiger partial charge in [-0.15, -0.1) is 0 Å². The van der Waals surface area contributed by atoms with E-state index in [1.54, 1.807) is 37.3 Å². The summed E-state index contributed by atoms with van der Waals surface area (Å²) in [6.45, 7) is 1.73. The highest BCUT2D eigenvalue weighted by molar-refractivity contribution is 6.30. The molecule has 4 aromatic rings. The lowest BCUT2D eigenvalue weighted by molar-refractivity contribution is -0.124. The van der Waals surface area contributed by atoms with E-state index >= 15 is 0 Å². The molecule has 0 saturated carbocycles. The van der Waals surface area contributed by atoms with Gasteiger partial charge in [-0.25, -0.2) is 9.78 Å². The summed E-state index contributed by atoms with van der Waals surface area (Å²) in [6, 6.07) is 19.5. The molecular formula is C26H22ClN3O4. The minimum Gasteiger partial charge on any atom is -0.448 e. The highest BCUT2D eigenvalue weighted by Gasteiger charge is 2.27. The number of hydrogen-bond acceptors (Lipinski definition) is 5. The first-order valence-corrected chi connectivity index (χ1v) is 11.1. The minimum atomic E-state index is -1.09. The predicted octanol–water partition coefficient (Wildman–Crippen LogP) is 4.83. The lowest BCUT2D eigenvalue weighted by Crippen LogP contribution is -2.34. The molecule has 0 radical (unpaired) electrons. The number of nitrogens with one attached hydrogen (secondary N) is 1. The first-order valence-electron chi connectivity index (χ1n) is 10.7. The number of carbonyl (C=O) groups excluding carboxylic acids is 2. The fourth-order valence-corrected chi connectivity index (χ4v) is 3.88. The molecular weight excluding hydrogens is 454 g/mol. The zero-order valence-electron chi connectivity index (χ0n) is 18.6. The molecule has 0 aliphatic heterocycles. The molecule has 172 valence electrons. The summed E-state index contributed by atoms with van der Waals surface area (Å²) in [5.74, 6) is -1.01. The maximum absolute atomic E-state index is 13.4. The Labute approximate surface area is 201 Å². The molecule has 2 heterocycles. The van der Waals surface area contributed by atoms with Gasteiger partial charge in [0.2, 0.25) is 0 Å². The van der Waals surface area contributed by atoms with Crippen LogP contribution in [-0.2, 0) is 16.6 Å². The summed E-state index contributed by atoms with van der Waals surface area (Å²) in [6.07, 6.45) is 0.546. The normalized spacial score (nSPS) is 11.7. The Kier molecular flexibility index (Phi) is 6.75. The van der Waals surface area contributed by atoms with Gasteiger partial charge in [-0.05, 0) is 35.6 Å². The number of hydrogen-bond donors (Lipinski definition) is 1. The Balaban J connectivity index is 1.74. The van der Waals surface area contributed by atoms with E-state index in [4.69, 9.17) is 16.3 Å². The largest absolute Gasteiger partial charge is 0.448 e. The number of esters is 1. The van der Waals surface area contributed by atoms with E-state index in [2.05, 4.69) is 10.3 Å². The number of pyridine rings is 2. The van der Waals surface area contributed by atoms with Crippen LogP contribution in [0.3, 0.4) is 0 Å². The van der Waals surface area contributed by atoms with Gasteiger partial charge < -0.3 is 14.6 Å². The van der Waals surface area contributed by atoms with E-state index in [0.717, 1.165) is 5.56 Å². The second kappa shape index (κ2) is 9.89. The van der Waals surface area contributed by atoms with Gasteiger partial charge in [0.15, 0.2) is 6.10 Å². The quantitative estimate of drug-likeness (QED) is 0.403. The van der Waals surface area contributed by atoms with Gasteiger partial charge in [0.1, 0.15) is 11.5 Å². The molecule has 1 N–H and O–H groups in total. The lowest BCUT2D eigenvalue weighted by atomic mass is 9.97. The number of carbonyl (C=O) groups is 2. The SMILES string of the molecule is CCC(OC(=O)c1c(-c2ccccc2)c2ccccc2c(=O)n1C)C(=O)Nc1ccc(Cl)cn1. The monoisotopic (exact) mass is 475 g/mol. The predicted molar refractivity (Wildman–Crippen MR) is 132 cm³/mol. The second-order valence-electron chi connectivity index (χ2n) is 7.65. The molecule has 1 unspecified atom stereocenters. The van der Waals surface area contributed by atoms with Crippen LogP contribution in [0.15, 0.2) is 77.7 Å². The van der Waals surface area contributed by atoms with Crippen molar-refractivity contribution in [3.63, 3.8) is 0 Å². The highest BCUT2D eigenvalue weighted by atomic mass is 35.5. The van der Waals surface area contributed by atoms with Gasteiger partial charge in [0.25, 0.3) is 11.5 Å². The average molecular weight is 476 g/mol. The summed E-state index contributed by atoms with van der Waals surface area (Å²) < 4.78 is 6.90. The summed E-state index contributed by atoms with van der Waals surface area (Å²) in [7, 11) is 1.52. The van der Waals surface area contributed by atoms with E-state index in [1.165, 1.54) is 17.8 Å². The van der Waals surface area contributed by atoms with E-state index in [9.17, 15) is 14.4 Å². The van der Waals surface area contributed by atoms with Crippen LogP contribution in [0.1, 0.15) is 23.8 Å². The smallest absolute Gasteiger partial charge is 0.356 e. The number of fused-ring (bicyclic) bond motifs is 1. The van der Waals surface area contributed by atoms with Crippen molar-refractivity contribution >= 4 is 40.1 Å². The molecule has 7 nitrogen and oxygen atoms in total. The summed E-state index contributed by atoms with van der Waals surface area (Å²) in [5.41, 5.74) is 1.07. The van der Waals surface area contributed by atoms with Crippen LogP contribution >= 0.6 is 11.6 Å². The minimum absolute atomic E-state index is 0.0748. The molecule has 0 aliphatic carbocycles. The number of aromatic nitrogens is 2. The standard InChI is InChI=1S/C26H22ClN3O4/c1-3-20(24(31)29-21-14-13-17(27)15-28-21)34-26(33)23-22(16-9-5-4-6-10-16)18-11-7-8-12-19(18)25(32)30(23)2/h4-15,20H,3H2,1-2H3,(H,28,29,31). The van der Waals surface area contributed by atoms with Gasteiger partial charge in [-0.2, -0.15) is 0 Å². The third kappa shape index (κ3) is 4.56. The van der Waals surface area contributed by atoms with E-state index in [-0.39, 0.29) is 23.5 Å². The van der Waals surface area contributed by atoms with Gasteiger partial charge >= 0.3 is 5.97 Å². The molecule has 0 spiro atoms. The van der Waals surface area contributed by atoms with Crippen LogP contribution < -0.4 is 10.9 Å². The third-order valence-corrected chi connectivity index (χ3v) is 5.67. The number of nitrogens with zero attached hydrogens (tertiary/aromatic N) is 2. The fourth-order valence-electron chi connectivity index (χ4n) is 3.76. The van der Waals surface area contributed by atoms with E-state index in [1.807, 2.05) is 36.4 Å². The Hall–Kier alpha value is -3.97. The third-order valence-electron chi connectivity index (χ3n) is 5.45. The molecule has 8 heteroatoms. The van der Waals surface area contributed by atoms with Crippen molar-refractivity contribution in [2.24, 2.45) is 7.05 Å². The average Bonchev–Trinajstić information content (AvgIpc) is 2.86. The maximum atomic E-state index is 13.4. The van der Waals surface area contributed by atoms with Crippen LogP contribution in [0.5, 0.6) is 0 Å². The van der Waals surface area contributed by atoms with Crippen molar-refractivity contribution in [3.05, 3.63) is 94.0 Å². The van der Waals surface area contributed by atoms with Crippen molar-refractivity contribution in [1.82, 2.24) is 9.55 Å². The van der Waals surface area contributed by atoms with Crippen LogP contribution in [-0.4, -0.2) is 27.5 Å². The van der Waals surface area contributed by atoms with Gasteiger partial charge in [0.05, 0.1) is 5.02 Å². The Morgan fingerprint density at radius 1 is 1.03 bits per heavy atom. The summed E-state index contributed by atoms with van der Waals surface area (Å²) in [5, 5.41) is 4.17.